The zero-order valence-electron chi connectivity index (χ0n) is 8.57. The van der Waals surface area contributed by atoms with Gasteiger partial charge in [0.25, 0.3) is 0 Å². The van der Waals surface area contributed by atoms with Crippen LogP contribution in [0.3, 0.4) is 0 Å². The zero-order valence-corrected chi connectivity index (χ0v) is 9.39. The molecule has 0 unspecified atom stereocenters. The fourth-order valence-electron chi connectivity index (χ4n) is 1.37. The summed E-state index contributed by atoms with van der Waals surface area (Å²) in [6, 6.07) is 5.40. The molecule has 0 saturated carbocycles. The van der Waals surface area contributed by atoms with E-state index < -0.39 is 10.1 Å². The summed E-state index contributed by atoms with van der Waals surface area (Å²) in [5.41, 5.74) is 1.99. The van der Waals surface area contributed by atoms with E-state index in [4.69, 9.17) is 4.18 Å². The highest BCUT2D eigenvalue weighted by molar-refractivity contribution is 7.86. The molecule has 1 aromatic carbocycles. The molecule has 4 heteroatoms. The summed E-state index contributed by atoms with van der Waals surface area (Å²) in [6.45, 7) is 3.91. The van der Waals surface area contributed by atoms with Crippen LogP contribution in [0.25, 0.3) is 0 Å². The quantitative estimate of drug-likeness (QED) is 0.722. The van der Waals surface area contributed by atoms with Gasteiger partial charge < -0.3 is 4.18 Å². The average molecular weight is 214 g/mol. The van der Waals surface area contributed by atoms with Gasteiger partial charge in [0.1, 0.15) is 5.75 Å². The van der Waals surface area contributed by atoms with Crippen molar-refractivity contribution < 1.29 is 12.6 Å². The van der Waals surface area contributed by atoms with E-state index in [0.717, 1.165) is 23.8 Å². The molecule has 0 N–H and O–H groups in total. The summed E-state index contributed by atoms with van der Waals surface area (Å²) >= 11 is 0. The fraction of sp³-hybridized carbons (Fsp3) is 0.400. The van der Waals surface area contributed by atoms with Crippen LogP contribution < -0.4 is 4.18 Å². The Hall–Kier alpha value is -1.03. The molecule has 14 heavy (non-hydrogen) atoms. The molecule has 1 aromatic rings. The van der Waals surface area contributed by atoms with E-state index in [1.807, 2.05) is 19.9 Å². The Balaban J connectivity index is 3.15. The Labute approximate surface area is 84.8 Å². The third-order valence-electron chi connectivity index (χ3n) is 1.96. The molecule has 3 nitrogen and oxygen atoms in total. The van der Waals surface area contributed by atoms with Gasteiger partial charge in [-0.3, -0.25) is 0 Å². The highest BCUT2D eigenvalue weighted by Gasteiger charge is 2.09. The number of benzene rings is 1. The minimum absolute atomic E-state index is 0.440. The summed E-state index contributed by atoms with van der Waals surface area (Å²) in [4.78, 5) is 0. The fourth-order valence-corrected chi connectivity index (χ4v) is 1.85. The number of hydrogen-bond acceptors (Lipinski definition) is 3. The molecular formula is C10H14O3S. The van der Waals surface area contributed by atoms with Gasteiger partial charge in [0.05, 0.1) is 6.26 Å². The molecule has 0 aromatic heterocycles. The maximum absolute atomic E-state index is 11.0. The van der Waals surface area contributed by atoms with Crippen LogP contribution in [0.15, 0.2) is 18.2 Å². The molecule has 0 saturated heterocycles. The Bertz CT molecular complexity index is 421. The molecule has 0 amide bonds. The van der Waals surface area contributed by atoms with Gasteiger partial charge in [-0.2, -0.15) is 8.42 Å². The van der Waals surface area contributed by atoms with E-state index in [0.29, 0.717) is 5.75 Å². The van der Waals surface area contributed by atoms with Gasteiger partial charge in [0.2, 0.25) is 0 Å². The summed E-state index contributed by atoms with van der Waals surface area (Å²) < 4.78 is 26.8. The first kappa shape index (κ1) is 11.0. The van der Waals surface area contributed by atoms with Crippen LogP contribution in [-0.4, -0.2) is 14.7 Å². The molecule has 0 spiro atoms. The molecule has 0 heterocycles. The van der Waals surface area contributed by atoms with Crippen LogP contribution in [0.2, 0.25) is 0 Å². The van der Waals surface area contributed by atoms with Crippen molar-refractivity contribution in [2.45, 2.75) is 20.3 Å². The van der Waals surface area contributed by atoms with Crippen LogP contribution in [0.5, 0.6) is 5.75 Å². The lowest BCUT2D eigenvalue weighted by Crippen LogP contribution is -2.07. The molecule has 0 radical (unpaired) electrons. The van der Waals surface area contributed by atoms with Gasteiger partial charge in [0, 0.05) is 0 Å². The first-order valence-electron chi connectivity index (χ1n) is 4.42. The molecule has 0 atom stereocenters. The van der Waals surface area contributed by atoms with E-state index in [9.17, 15) is 8.42 Å². The minimum atomic E-state index is -3.43. The van der Waals surface area contributed by atoms with Gasteiger partial charge in [-0.15, -0.1) is 0 Å². The van der Waals surface area contributed by atoms with Crippen molar-refractivity contribution >= 4 is 10.1 Å². The summed E-state index contributed by atoms with van der Waals surface area (Å²) in [7, 11) is -3.43. The van der Waals surface area contributed by atoms with Gasteiger partial charge in [-0.25, -0.2) is 0 Å². The van der Waals surface area contributed by atoms with Crippen molar-refractivity contribution in [2.75, 3.05) is 6.26 Å². The van der Waals surface area contributed by atoms with Crippen LogP contribution >= 0.6 is 0 Å². The van der Waals surface area contributed by atoms with Gasteiger partial charge in [0.15, 0.2) is 0 Å². The van der Waals surface area contributed by atoms with E-state index in [1.165, 1.54) is 0 Å². The van der Waals surface area contributed by atoms with Crippen LogP contribution in [-0.2, 0) is 16.5 Å². The van der Waals surface area contributed by atoms with Crippen LogP contribution in [0.4, 0.5) is 0 Å². The van der Waals surface area contributed by atoms with Gasteiger partial charge in [-0.05, 0) is 30.5 Å². The third-order valence-corrected chi connectivity index (χ3v) is 2.44. The van der Waals surface area contributed by atoms with Crippen LogP contribution in [0, 0.1) is 6.92 Å². The number of aryl methyl sites for hydroxylation is 1. The summed E-state index contributed by atoms with van der Waals surface area (Å²) in [5.74, 6) is 0.440. The van der Waals surface area contributed by atoms with Crippen molar-refractivity contribution in [1.82, 2.24) is 0 Å². The predicted octanol–water partition coefficient (Wildman–Crippen LogP) is 1.90. The second-order valence-corrected chi connectivity index (χ2v) is 4.77. The first-order valence-corrected chi connectivity index (χ1v) is 6.23. The van der Waals surface area contributed by atoms with E-state index >= 15 is 0 Å². The van der Waals surface area contributed by atoms with Gasteiger partial charge >= 0.3 is 10.1 Å². The topological polar surface area (TPSA) is 43.4 Å². The average Bonchev–Trinajstić information content (AvgIpc) is 2.01. The van der Waals surface area contributed by atoms with E-state index in [1.54, 1.807) is 12.1 Å². The Morgan fingerprint density at radius 2 is 2.00 bits per heavy atom. The normalized spacial score (nSPS) is 11.4. The maximum Gasteiger partial charge on any atom is 0.306 e. The highest BCUT2D eigenvalue weighted by Crippen LogP contribution is 2.23. The number of hydrogen-bond donors (Lipinski definition) is 0. The van der Waals surface area contributed by atoms with Crippen molar-refractivity contribution in [3.05, 3.63) is 29.3 Å². The lowest BCUT2D eigenvalue weighted by atomic mass is 10.1. The zero-order chi connectivity index (χ0) is 10.8. The van der Waals surface area contributed by atoms with Gasteiger partial charge in [-0.1, -0.05) is 19.1 Å². The Morgan fingerprint density at radius 1 is 1.36 bits per heavy atom. The summed E-state index contributed by atoms with van der Waals surface area (Å²) in [6.07, 6.45) is 1.81. The lowest BCUT2D eigenvalue weighted by molar-refractivity contribution is 0.489. The van der Waals surface area contributed by atoms with E-state index in [2.05, 4.69) is 0 Å². The van der Waals surface area contributed by atoms with E-state index in [-0.39, 0.29) is 0 Å². The Morgan fingerprint density at radius 3 is 2.50 bits per heavy atom. The highest BCUT2D eigenvalue weighted by atomic mass is 32.2. The minimum Gasteiger partial charge on any atom is -0.382 e. The molecule has 0 bridgehead atoms. The Kier molecular flexibility index (Phi) is 3.16. The summed E-state index contributed by atoms with van der Waals surface area (Å²) in [5, 5.41) is 0. The molecule has 0 aliphatic heterocycles. The molecule has 0 fully saturated rings. The standard InChI is InChI=1S/C10H14O3S/c1-4-9-8(2)6-5-7-10(9)13-14(3,11)12/h5-7H,4H2,1-3H3. The second kappa shape index (κ2) is 4.00. The maximum atomic E-state index is 11.0. The molecule has 1 rings (SSSR count). The van der Waals surface area contributed by atoms with Crippen molar-refractivity contribution in [2.24, 2.45) is 0 Å². The SMILES string of the molecule is CCc1c(C)cccc1OS(C)(=O)=O. The van der Waals surface area contributed by atoms with Crippen molar-refractivity contribution in [1.29, 1.82) is 0 Å². The molecule has 0 aliphatic rings. The van der Waals surface area contributed by atoms with Crippen molar-refractivity contribution in [3.8, 4) is 5.75 Å². The smallest absolute Gasteiger partial charge is 0.306 e. The molecular weight excluding hydrogens is 200 g/mol. The predicted molar refractivity (Wildman–Crippen MR) is 56.0 cm³/mol. The number of rotatable bonds is 3. The third kappa shape index (κ3) is 2.73. The second-order valence-electron chi connectivity index (χ2n) is 3.19. The molecule has 78 valence electrons. The largest absolute Gasteiger partial charge is 0.382 e. The van der Waals surface area contributed by atoms with Crippen molar-refractivity contribution in [3.63, 3.8) is 0 Å². The van der Waals surface area contributed by atoms with Crippen LogP contribution in [0.1, 0.15) is 18.1 Å². The molecule has 0 aliphatic carbocycles. The monoisotopic (exact) mass is 214 g/mol. The lowest BCUT2D eigenvalue weighted by Gasteiger charge is -2.10. The first-order chi connectivity index (χ1) is 6.44.